The molecule has 1 rings (SSSR count). The summed E-state index contributed by atoms with van der Waals surface area (Å²) in [6.07, 6.45) is 1.04. The smallest absolute Gasteiger partial charge is 0.328 e. The van der Waals surface area contributed by atoms with E-state index in [-0.39, 0.29) is 13.2 Å². The molecule has 0 saturated heterocycles. The summed E-state index contributed by atoms with van der Waals surface area (Å²) in [5, 5.41) is 0. The Balaban J connectivity index is 3.33. The van der Waals surface area contributed by atoms with Crippen molar-refractivity contribution in [1.82, 2.24) is 0 Å². The zero-order valence-electron chi connectivity index (χ0n) is 12.3. The highest BCUT2D eigenvalue weighted by Gasteiger charge is 2.49. The molecular formula is C16H22O4. The van der Waals surface area contributed by atoms with E-state index in [9.17, 15) is 9.59 Å². The van der Waals surface area contributed by atoms with Gasteiger partial charge in [-0.1, -0.05) is 43.7 Å². The molecule has 4 nitrogen and oxygen atoms in total. The van der Waals surface area contributed by atoms with Crippen LogP contribution in [0.1, 0.15) is 39.2 Å². The first-order valence-corrected chi connectivity index (χ1v) is 7.03. The van der Waals surface area contributed by atoms with Crippen LogP contribution in [0.15, 0.2) is 30.3 Å². The van der Waals surface area contributed by atoms with Crippen molar-refractivity contribution in [3.8, 4) is 0 Å². The van der Waals surface area contributed by atoms with Crippen molar-refractivity contribution in [1.29, 1.82) is 0 Å². The molecule has 0 atom stereocenters. The van der Waals surface area contributed by atoms with Gasteiger partial charge in [-0.15, -0.1) is 0 Å². The van der Waals surface area contributed by atoms with E-state index in [2.05, 4.69) is 0 Å². The van der Waals surface area contributed by atoms with Crippen LogP contribution in [0.5, 0.6) is 0 Å². The summed E-state index contributed by atoms with van der Waals surface area (Å²) < 4.78 is 10.3. The average molecular weight is 278 g/mol. The number of benzene rings is 1. The molecule has 0 aromatic heterocycles. The Bertz CT molecular complexity index is 421. The lowest BCUT2D eigenvalue weighted by Crippen LogP contribution is -2.46. The number of carbonyl (C=O) groups excluding carboxylic acids is 2. The molecule has 0 aliphatic rings. The highest BCUT2D eigenvalue weighted by Crippen LogP contribution is 2.33. The second-order valence-electron chi connectivity index (χ2n) is 4.46. The van der Waals surface area contributed by atoms with Gasteiger partial charge in [0, 0.05) is 0 Å². The van der Waals surface area contributed by atoms with Crippen LogP contribution in [0.4, 0.5) is 0 Å². The summed E-state index contributed by atoms with van der Waals surface area (Å²) in [5.74, 6) is -1.07. The molecule has 0 N–H and O–H groups in total. The minimum atomic E-state index is -1.36. The van der Waals surface area contributed by atoms with Crippen molar-refractivity contribution in [2.45, 2.75) is 39.0 Å². The normalized spacial score (nSPS) is 10.9. The van der Waals surface area contributed by atoms with Crippen LogP contribution in [0.25, 0.3) is 0 Å². The second-order valence-corrected chi connectivity index (χ2v) is 4.46. The molecule has 1 aromatic rings. The third-order valence-electron chi connectivity index (χ3n) is 3.14. The van der Waals surface area contributed by atoms with Crippen molar-refractivity contribution in [3.05, 3.63) is 35.9 Å². The maximum absolute atomic E-state index is 12.4. The van der Waals surface area contributed by atoms with Crippen LogP contribution in [-0.4, -0.2) is 25.2 Å². The summed E-state index contributed by atoms with van der Waals surface area (Å²) in [6, 6.07) is 8.99. The van der Waals surface area contributed by atoms with Crippen LogP contribution >= 0.6 is 0 Å². The number of carbonyl (C=O) groups is 2. The van der Waals surface area contributed by atoms with Crippen LogP contribution in [-0.2, 0) is 24.5 Å². The van der Waals surface area contributed by atoms with E-state index in [1.807, 2.05) is 13.0 Å². The molecule has 0 fully saturated rings. The van der Waals surface area contributed by atoms with Gasteiger partial charge in [-0.2, -0.15) is 0 Å². The van der Waals surface area contributed by atoms with E-state index in [0.29, 0.717) is 18.4 Å². The molecular weight excluding hydrogens is 256 g/mol. The highest BCUT2D eigenvalue weighted by atomic mass is 16.6. The molecule has 0 aliphatic heterocycles. The third kappa shape index (κ3) is 3.18. The number of ether oxygens (including phenoxy) is 2. The van der Waals surface area contributed by atoms with Gasteiger partial charge in [-0.05, 0) is 25.8 Å². The Morgan fingerprint density at radius 1 is 0.950 bits per heavy atom. The van der Waals surface area contributed by atoms with E-state index in [1.165, 1.54) is 0 Å². The van der Waals surface area contributed by atoms with Gasteiger partial charge in [0.05, 0.1) is 13.2 Å². The van der Waals surface area contributed by atoms with Crippen LogP contribution < -0.4 is 0 Å². The highest BCUT2D eigenvalue weighted by molar-refractivity contribution is 6.06. The molecule has 0 aliphatic carbocycles. The fourth-order valence-corrected chi connectivity index (χ4v) is 2.27. The zero-order chi connectivity index (χ0) is 15.0. The Hall–Kier alpha value is -1.84. The van der Waals surface area contributed by atoms with Gasteiger partial charge in [-0.3, -0.25) is 9.59 Å². The fourth-order valence-electron chi connectivity index (χ4n) is 2.27. The van der Waals surface area contributed by atoms with Gasteiger partial charge < -0.3 is 9.47 Å². The zero-order valence-corrected chi connectivity index (χ0v) is 12.3. The molecule has 0 bridgehead atoms. The Morgan fingerprint density at radius 3 is 1.85 bits per heavy atom. The van der Waals surface area contributed by atoms with Gasteiger partial charge in [0.1, 0.15) is 0 Å². The van der Waals surface area contributed by atoms with Crippen molar-refractivity contribution in [2.75, 3.05) is 13.2 Å². The van der Waals surface area contributed by atoms with Gasteiger partial charge in [0.2, 0.25) is 0 Å². The van der Waals surface area contributed by atoms with Crippen LogP contribution in [0.2, 0.25) is 0 Å². The van der Waals surface area contributed by atoms with Crippen molar-refractivity contribution < 1.29 is 19.1 Å². The van der Waals surface area contributed by atoms with Gasteiger partial charge >= 0.3 is 11.9 Å². The first-order chi connectivity index (χ1) is 9.63. The standard InChI is InChI=1S/C16H22O4/c1-4-12-16(14(17)19-5-2,15(18)20-6-3)13-10-8-7-9-11-13/h7-11H,4-6,12H2,1-3H3. The lowest BCUT2D eigenvalue weighted by Gasteiger charge is -2.29. The lowest BCUT2D eigenvalue weighted by atomic mass is 9.76. The maximum atomic E-state index is 12.4. The van der Waals surface area contributed by atoms with E-state index < -0.39 is 17.4 Å². The SMILES string of the molecule is CCCC(C(=O)OCC)(C(=O)OCC)c1ccccc1. The van der Waals surface area contributed by atoms with E-state index in [4.69, 9.17) is 9.47 Å². The molecule has 20 heavy (non-hydrogen) atoms. The van der Waals surface area contributed by atoms with Gasteiger partial charge in [0.15, 0.2) is 5.41 Å². The first-order valence-electron chi connectivity index (χ1n) is 7.03. The molecule has 4 heteroatoms. The monoisotopic (exact) mass is 278 g/mol. The van der Waals surface area contributed by atoms with Crippen molar-refractivity contribution in [2.24, 2.45) is 0 Å². The summed E-state index contributed by atoms with van der Waals surface area (Å²) in [5.41, 5.74) is -0.735. The van der Waals surface area contributed by atoms with Crippen LogP contribution in [0.3, 0.4) is 0 Å². The Morgan fingerprint density at radius 2 is 1.45 bits per heavy atom. The largest absolute Gasteiger partial charge is 0.465 e. The predicted octanol–water partition coefficient (Wildman–Crippen LogP) is 2.85. The Kier molecular flexibility index (Phi) is 6.22. The molecule has 110 valence electrons. The first kappa shape index (κ1) is 16.2. The van der Waals surface area contributed by atoms with E-state index in [0.717, 1.165) is 0 Å². The molecule has 0 heterocycles. The lowest BCUT2D eigenvalue weighted by molar-refractivity contribution is -0.165. The summed E-state index contributed by atoms with van der Waals surface area (Å²) in [6.45, 7) is 5.85. The van der Waals surface area contributed by atoms with Gasteiger partial charge in [-0.25, -0.2) is 0 Å². The van der Waals surface area contributed by atoms with Crippen LogP contribution in [0, 0.1) is 0 Å². The number of hydrogen-bond acceptors (Lipinski definition) is 4. The summed E-state index contributed by atoms with van der Waals surface area (Å²) in [4.78, 5) is 24.9. The average Bonchev–Trinajstić information content (AvgIpc) is 2.46. The Labute approximate surface area is 120 Å². The predicted molar refractivity (Wildman–Crippen MR) is 76.3 cm³/mol. The summed E-state index contributed by atoms with van der Waals surface area (Å²) in [7, 11) is 0. The second kappa shape index (κ2) is 7.68. The summed E-state index contributed by atoms with van der Waals surface area (Å²) >= 11 is 0. The van der Waals surface area contributed by atoms with E-state index >= 15 is 0 Å². The minimum Gasteiger partial charge on any atom is -0.465 e. The maximum Gasteiger partial charge on any atom is 0.328 e. The third-order valence-corrected chi connectivity index (χ3v) is 3.14. The van der Waals surface area contributed by atoms with Crippen molar-refractivity contribution in [3.63, 3.8) is 0 Å². The molecule has 0 radical (unpaired) electrons. The molecule has 0 amide bonds. The number of hydrogen-bond donors (Lipinski definition) is 0. The molecule has 0 saturated carbocycles. The molecule has 0 spiro atoms. The number of rotatable bonds is 7. The topological polar surface area (TPSA) is 52.6 Å². The minimum absolute atomic E-state index is 0.233. The molecule has 1 aromatic carbocycles. The fraction of sp³-hybridized carbons (Fsp3) is 0.500. The van der Waals surface area contributed by atoms with Gasteiger partial charge in [0.25, 0.3) is 0 Å². The number of esters is 2. The van der Waals surface area contributed by atoms with Crippen molar-refractivity contribution >= 4 is 11.9 Å². The quantitative estimate of drug-likeness (QED) is 0.568. The molecule has 0 unspecified atom stereocenters. The van der Waals surface area contributed by atoms with E-state index in [1.54, 1.807) is 38.1 Å².